The van der Waals surface area contributed by atoms with Crippen molar-refractivity contribution in [2.24, 2.45) is 0 Å². The summed E-state index contributed by atoms with van der Waals surface area (Å²) in [6.07, 6.45) is 6.05. The summed E-state index contributed by atoms with van der Waals surface area (Å²) in [4.78, 5) is 26.9. The van der Waals surface area contributed by atoms with Crippen LogP contribution in [0.15, 0.2) is 108 Å². The quantitative estimate of drug-likeness (QED) is 0.0997. The molecule has 0 radical (unpaired) electrons. The number of carboxylic acids is 2. The minimum atomic E-state index is -1.32. The smallest absolute Gasteiger partial charge is 0.346 e. The molecule has 2 heterocycles. The van der Waals surface area contributed by atoms with Crippen molar-refractivity contribution < 1.29 is 19.8 Å². The van der Waals surface area contributed by atoms with E-state index in [0.29, 0.717) is 30.7 Å². The lowest BCUT2D eigenvalue weighted by Gasteiger charge is -2.26. The number of carboxylic acid groups (broad SMARTS) is 2. The van der Waals surface area contributed by atoms with E-state index in [1.54, 1.807) is 48.6 Å². The Balaban J connectivity index is 1.43. The molecule has 11 heteroatoms. The van der Waals surface area contributed by atoms with Crippen molar-refractivity contribution in [3.8, 4) is 24.3 Å². The Hall–Kier alpha value is -7.28. The first-order valence-electron chi connectivity index (χ1n) is 15.3. The van der Waals surface area contributed by atoms with Crippen LogP contribution in [0.4, 0.5) is 17.1 Å². The Bertz CT molecular complexity index is 2300. The minimum Gasteiger partial charge on any atom is -0.477 e. The maximum absolute atomic E-state index is 11.2. The van der Waals surface area contributed by atoms with Crippen LogP contribution in [0.1, 0.15) is 36.2 Å². The molecule has 0 amide bonds. The van der Waals surface area contributed by atoms with Gasteiger partial charge in [-0.1, -0.05) is 42.0 Å². The molecule has 3 aromatic carbocycles. The predicted octanol–water partition coefficient (Wildman–Crippen LogP) is 9.70. The summed E-state index contributed by atoms with van der Waals surface area (Å²) < 4.78 is 0. The predicted molar refractivity (Wildman–Crippen MR) is 204 cm³/mol. The van der Waals surface area contributed by atoms with Crippen LogP contribution in [-0.2, 0) is 9.59 Å². The fraction of sp³-hybridized carbons (Fsp3) is 0.0244. The molecule has 5 aromatic rings. The number of hydrogen-bond acceptors (Lipinski definition) is 9. The van der Waals surface area contributed by atoms with Gasteiger partial charge in [-0.05, 0) is 103 Å². The van der Waals surface area contributed by atoms with Crippen molar-refractivity contribution in [2.45, 2.75) is 6.92 Å². The second kappa shape index (κ2) is 16.4. The highest BCUT2D eigenvalue weighted by Crippen LogP contribution is 2.36. The Morgan fingerprint density at radius 1 is 0.538 bits per heavy atom. The number of nitriles is 4. The molecule has 0 aliphatic rings. The van der Waals surface area contributed by atoms with E-state index >= 15 is 0 Å². The van der Waals surface area contributed by atoms with Gasteiger partial charge in [0.25, 0.3) is 0 Å². The molecule has 0 atom stereocenters. The maximum atomic E-state index is 11.2. The molecule has 2 aromatic heterocycles. The van der Waals surface area contributed by atoms with Crippen molar-refractivity contribution in [3.63, 3.8) is 0 Å². The summed E-state index contributed by atoms with van der Waals surface area (Å²) in [5.41, 5.74) is 5.31. The van der Waals surface area contributed by atoms with E-state index in [1.165, 1.54) is 34.8 Å². The van der Waals surface area contributed by atoms with E-state index in [1.807, 2.05) is 79.7 Å². The molecular formula is C41H25N5O4S2. The van der Waals surface area contributed by atoms with Crippen molar-refractivity contribution in [1.82, 2.24) is 0 Å². The topological polar surface area (TPSA) is 173 Å². The first kappa shape index (κ1) is 36.0. The SMILES string of the molecule is Cc1ccc(N(c2ccc(/C=C(\C#N)c3ccc(/C=C(\C#N)C(=O)O)s3)cc2)c2ccc(/C=C(\C#N)c3ccc(/C=C(\C#N)C(=O)O)s3)cc2)cc1. The maximum Gasteiger partial charge on any atom is 0.346 e. The normalized spacial score (nSPS) is 11.9. The van der Waals surface area contributed by atoms with Gasteiger partial charge in [-0.15, -0.1) is 22.7 Å². The van der Waals surface area contributed by atoms with Gasteiger partial charge in [0.15, 0.2) is 0 Å². The van der Waals surface area contributed by atoms with Crippen LogP contribution >= 0.6 is 22.7 Å². The third-order valence-corrected chi connectivity index (χ3v) is 9.65. The van der Waals surface area contributed by atoms with Gasteiger partial charge in [-0.25, -0.2) is 9.59 Å². The molecule has 0 aliphatic carbocycles. The molecule has 0 bridgehead atoms. The van der Waals surface area contributed by atoms with Crippen LogP contribution in [0, 0.1) is 52.2 Å². The number of nitrogens with zero attached hydrogens (tertiary/aromatic N) is 5. The largest absolute Gasteiger partial charge is 0.477 e. The number of allylic oxidation sites excluding steroid dienone is 2. The molecule has 0 aliphatic heterocycles. The number of benzene rings is 3. The number of carbonyl (C=O) groups is 2. The second-order valence-electron chi connectivity index (χ2n) is 11.0. The monoisotopic (exact) mass is 715 g/mol. The summed E-state index contributed by atoms with van der Waals surface area (Å²) in [7, 11) is 0. The van der Waals surface area contributed by atoms with Crippen LogP contribution in [0.3, 0.4) is 0 Å². The number of aliphatic carboxylic acids is 2. The van der Waals surface area contributed by atoms with E-state index in [4.69, 9.17) is 20.7 Å². The molecule has 250 valence electrons. The van der Waals surface area contributed by atoms with Gasteiger partial charge in [0.2, 0.25) is 0 Å². The molecule has 0 saturated heterocycles. The molecule has 5 rings (SSSR count). The van der Waals surface area contributed by atoms with Crippen LogP contribution in [0.2, 0.25) is 0 Å². The van der Waals surface area contributed by atoms with Gasteiger partial charge in [-0.2, -0.15) is 21.0 Å². The molecule has 0 spiro atoms. The highest BCUT2D eigenvalue weighted by molar-refractivity contribution is 7.14. The van der Waals surface area contributed by atoms with Crippen molar-refractivity contribution in [3.05, 3.63) is 144 Å². The molecule has 2 N–H and O–H groups in total. The van der Waals surface area contributed by atoms with Gasteiger partial charge in [0, 0.05) is 36.6 Å². The lowest BCUT2D eigenvalue weighted by Crippen LogP contribution is -2.09. The van der Waals surface area contributed by atoms with Gasteiger partial charge in [0.1, 0.15) is 35.4 Å². The second-order valence-corrected chi connectivity index (χ2v) is 13.3. The first-order valence-corrected chi connectivity index (χ1v) is 17.0. The highest BCUT2D eigenvalue weighted by atomic mass is 32.1. The standard InChI is InChI=1S/C41H25N5O4S2/c1-26-2-8-33(9-3-26)46(34-10-4-27(5-11-34)18-29(22-42)38-16-14-36(51-38)20-31(24-44)40(47)48)35-12-6-28(7-13-35)19-30(23-43)39-17-15-37(52-39)21-32(25-45)41(49)50/h2-21H,1H3,(H,47,48)(H,49,50)/b29-18+,30-19+,31-20+,32-21+. The van der Waals surface area contributed by atoms with Gasteiger partial charge in [0.05, 0.1) is 11.1 Å². The fourth-order valence-electron chi connectivity index (χ4n) is 4.95. The lowest BCUT2D eigenvalue weighted by atomic mass is 10.1. The fourth-order valence-corrected chi connectivity index (χ4v) is 6.78. The third kappa shape index (κ3) is 8.65. The zero-order chi connectivity index (χ0) is 37.2. The highest BCUT2D eigenvalue weighted by Gasteiger charge is 2.14. The summed E-state index contributed by atoms with van der Waals surface area (Å²) in [5.74, 6) is -2.63. The molecule has 0 fully saturated rings. The van der Waals surface area contributed by atoms with Crippen molar-refractivity contribution in [1.29, 1.82) is 21.0 Å². The minimum absolute atomic E-state index is 0.389. The Labute approximate surface area is 307 Å². The van der Waals surface area contributed by atoms with Gasteiger partial charge in [-0.3, -0.25) is 0 Å². The number of hydrogen-bond donors (Lipinski definition) is 2. The number of aryl methyl sites for hydroxylation is 1. The number of rotatable bonds is 11. The van der Waals surface area contributed by atoms with E-state index in [2.05, 4.69) is 17.0 Å². The average Bonchev–Trinajstić information content (AvgIpc) is 3.82. The Morgan fingerprint density at radius 2 is 0.904 bits per heavy atom. The van der Waals surface area contributed by atoms with E-state index in [-0.39, 0.29) is 11.1 Å². The van der Waals surface area contributed by atoms with Gasteiger partial charge < -0.3 is 15.1 Å². The van der Waals surface area contributed by atoms with Crippen LogP contribution < -0.4 is 4.90 Å². The van der Waals surface area contributed by atoms with E-state index in [0.717, 1.165) is 33.8 Å². The molecular weight excluding hydrogens is 691 g/mol. The Kier molecular flexibility index (Phi) is 11.4. The summed E-state index contributed by atoms with van der Waals surface area (Å²) in [6, 6.07) is 38.0. The third-order valence-electron chi connectivity index (χ3n) is 7.52. The Morgan fingerprint density at radius 3 is 1.23 bits per heavy atom. The summed E-state index contributed by atoms with van der Waals surface area (Å²) >= 11 is 2.43. The molecule has 0 unspecified atom stereocenters. The van der Waals surface area contributed by atoms with Crippen molar-refractivity contribution in [2.75, 3.05) is 4.90 Å². The van der Waals surface area contributed by atoms with Crippen molar-refractivity contribution >= 4 is 87.1 Å². The molecule has 52 heavy (non-hydrogen) atoms. The lowest BCUT2D eigenvalue weighted by molar-refractivity contribution is -0.133. The zero-order valence-corrected chi connectivity index (χ0v) is 28.9. The van der Waals surface area contributed by atoms with Gasteiger partial charge >= 0.3 is 11.9 Å². The van der Waals surface area contributed by atoms with Crippen LogP contribution in [0.5, 0.6) is 0 Å². The molecule has 0 saturated carbocycles. The molecule has 9 nitrogen and oxygen atoms in total. The summed E-state index contributed by atoms with van der Waals surface area (Å²) in [5, 5.41) is 56.3. The number of thiophene rings is 2. The van der Waals surface area contributed by atoms with E-state index < -0.39 is 11.9 Å². The zero-order valence-electron chi connectivity index (χ0n) is 27.3. The summed E-state index contributed by atoms with van der Waals surface area (Å²) in [6.45, 7) is 2.01. The van der Waals surface area contributed by atoms with Crippen LogP contribution in [-0.4, -0.2) is 22.2 Å². The van der Waals surface area contributed by atoms with Crippen LogP contribution in [0.25, 0.3) is 35.5 Å². The number of anilines is 3. The first-order chi connectivity index (χ1) is 25.1. The van der Waals surface area contributed by atoms with E-state index in [9.17, 15) is 20.1 Å². The average molecular weight is 716 g/mol.